The van der Waals surface area contributed by atoms with Crippen LogP contribution in [0.2, 0.25) is 19.6 Å². The van der Waals surface area contributed by atoms with Crippen LogP contribution in [0.25, 0.3) is 55.7 Å². The van der Waals surface area contributed by atoms with Gasteiger partial charge in [-0.25, -0.2) is 4.98 Å². The number of aryl methyl sites for hydroxylation is 1. The first-order valence-corrected chi connectivity index (χ1v) is 22.5. The van der Waals surface area contributed by atoms with Crippen molar-refractivity contribution in [3.8, 4) is 22.6 Å². The number of rotatable bonds is 7. The van der Waals surface area contributed by atoms with Crippen molar-refractivity contribution in [2.24, 2.45) is 5.92 Å². The minimum atomic E-state index is -1.36. The van der Waals surface area contributed by atoms with E-state index in [0.717, 1.165) is 68.2 Å². The van der Waals surface area contributed by atoms with E-state index in [1.54, 1.807) is 10.8 Å². The van der Waals surface area contributed by atoms with E-state index < -0.39 is 8.07 Å². The molecule has 0 bridgehead atoms. The first-order chi connectivity index (χ1) is 25.8. The molecule has 1 radical (unpaired) electrons. The Bertz CT molecular complexity index is 2500. The maximum Gasteiger partial charge on any atom is 0.216 e. The van der Waals surface area contributed by atoms with Gasteiger partial charge in [0.2, 0.25) is 5.71 Å². The van der Waals surface area contributed by atoms with E-state index >= 15 is 0 Å². The van der Waals surface area contributed by atoms with Gasteiger partial charge in [0.25, 0.3) is 0 Å². The van der Waals surface area contributed by atoms with Gasteiger partial charge in [0.15, 0.2) is 0 Å². The molecule has 8 aromatic rings. The van der Waals surface area contributed by atoms with Crippen LogP contribution in [0.5, 0.6) is 0 Å². The molecule has 4 aromatic heterocycles. The molecule has 1 aliphatic carbocycles. The minimum absolute atomic E-state index is 0. The molecule has 1 saturated carbocycles. The maximum atomic E-state index is 6.22. The largest absolute Gasteiger partial charge is 0.486 e. The van der Waals surface area contributed by atoms with Crippen molar-refractivity contribution < 1.29 is 24.5 Å². The number of para-hydroxylation sites is 2. The average molecular weight is 903 g/mol. The zero-order valence-corrected chi connectivity index (χ0v) is 34.9. The molecule has 0 amide bonds. The van der Waals surface area contributed by atoms with Crippen molar-refractivity contribution in [3.63, 3.8) is 0 Å². The van der Waals surface area contributed by atoms with Crippen molar-refractivity contribution in [2.75, 3.05) is 0 Å². The van der Waals surface area contributed by atoms with Gasteiger partial charge in [0.05, 0.1) is 30.5 Å². The molecule has 1 aliphatic rings. The molecule has 1 fully saturated rings. The topological polar surface area (TPSA) is 56.7 Å². The Morgan fingerprint density at radius 2 is 1.57 bits per heavy atom. The monoisotopic (exact) mass is 903 g/mol. The van der Waals surface area contributed by atoms with Crippen LogP contribution in [-0.2, 0) is 33.1 Å². The standard InChI is InChI=1S/C26H18N3O.C21H28NSi.Ir/c1-17-14-15-20-19-10-7-11-21(24(19)30-26(20)27-17)25-28-22-12-5-6-13-23(22)29(25)16-18-8-3-2-4-9-18;1-23(2,3)21-16-22-20(18-12-8-5-9-13-18)15-19(21)14-17-10-6-4-7-11-17;/h2-10,12-15H,16H2,1H3;5,8-9,12,15-17H,4,6-7,10-11,14H2,1-3H3;/q2*-1;. The van der Waals surface area contributed by atoms with Gasteiger partial charge in [-0.05, 0) is 60.0 Å². The van der Waals surface area contributed by atoms with E-state index in [1.807, 2.05) is 61.5 Å². The summed E-state index contributed by atoms with van der Waals surface area (Å²) in [5.74, 6) is 1.72. The molecule has 54 heavy (non-hydrogen) atoms. The normalized spacial score (nSPS) is 13.5. The van der Waals surface area contributed by atoms with Crippen LogP contribution in [0.1, 0.15) is 48.9 Å². The van der Waals surface area contributed by atoms with Crippen molar-refractivity contribution in [1.82, 2.24) is 19.5 Å². The van der Waals surface area contributed by atoms with Crippen molar-refractivity contribution in [3.05, 3.63) is 144 Å². The zero-order chi connectivity index (χ0) is 36.4. The molecule has 0 N–H and O–H groups in total. The van der Waals surface area contributed by atoms with Crippen LogP contribution in [-0.4, -0.2) is 27.6 Å². The molecule has 4 aromatic carbocycles. The first kappa shape index (κ1) is 37.6. The van der Waals surface area contributed by atoms with E-state index in [2.05, 4.69) is 102 Å². The van der Waals surface area contributed by atoms with Crippen LogP contribution in [0.4, 0.5) is 0 Å². The summed E-state index contributed by atoms with van der Waals surface area (Å²) >= 11 is 0. The predicted octanol–water partition coefficient (Wildman–Crippen LogP) is 11.4. The van der Waals surface area contributed by atoms with Crippen molar-refractivity contribution in [2.45, 2.75) is 71.6 Å². The van der Waals surface area contributed by atoms with E-state index in [1.165, 1.54) is 44.1 Å². The fourth-order valence-electron chi connectivity index (χ4n) is 7.82. The van der Waals surface area contributed by atoms with Crippen molar-refractivity contribution in [1.29, 1.82) is 0 Å². The van der Waals surface area contributed by atoms with E-state index in [-0.39, 0.29) is 20.1 Å². The Labute approximate surface area is 333 Å². The van der Waals surface area contributed by atoms with E-state index in [9.17, 15) is 0 Å². The van der Waals surface area contributed by atoms with Gasteiger partial charge in [-0.3, -0.25) is 4.98 Å². The molecule has 0 unspecified atom stereocenters. The van der Waals surface area contributed by atoms with Crippen LogP contribution < -0.4 is 5.19 Å². The summed E-state index contributed by atoms with van der Waals surface area (Å²) < 4.78 is 8.46. The van der Waals surface area contributed by atoms with Crippen molar-refractivity contribution >= 4 is 46.4 Å². The minimum Gasteiger partial charge on any atom is -0.486 e. The summed E-state index contributed by atoms with van der Waals surface area (Å²) in [6.45, 7) is 9.99. The summed E-state index contributed by atoms with van der Waals surface area (Å²) in [6.07, 6.45) is 10.5. The number of imidazole rings is 1. The molecular formula is C47H46IrN4OSi-2. The van der Waals surface area contributed by atoms with Gasteiger partial charge in [-0.15, -0.1) is 54.1 Å². The number of hydrogen-bond acceptors (Lipinski definition) is 4. The average Bonchev–Trinajstić information content (AvgIpc) is 3.73. The predicted molar refractivity (Wildman–Crippen MR) is 221 cm³/mol. The fourth-order valence-corrected chi connectivity index (χ4v) is 9.41. The Morgan fingerprint density at radius 3 is 2.35 bits per heavy atom. The third-order valence-corrected chi connectivity index (χ3v) is 12.6. The van der Waals surface area contributed by atoms with Gasteiger partial charge in [-0.1, -0.05) is 117 Å². The second-order valence-corrected chi connectivity index (χ2v) is 20.5. The third kappa shape index (κ3) is 8.05. The van der Waals surface area contributed by atoms with Gasteiger partial charge in [-0.2, -0.15) is 0 Å². The Morgan fingerprint density at radius 1 is 0.796 bits per heavy atom. The maximum absolute atomic E-state index is 6.22. The van der Waals surface area contributed by atoms with Crippen LogP contribution in [0.3, 0.4) is 0 Å². The van der Waals surface area contributed by atoms with Gasteiger partial charge in [0, 0.05) is 43.9 Å². The molecule has 4 heterocycles. The van der Waals surface area contributed by atoms with Crippen LogP contribution in [0, 0.1) is 25.0 Å². The molecule has 0 atom stereocenters. The fraction of sp³-hybridized carbons (Fsp3) is 0.255. The molecule has 275 valence electrons. The Hall–Kier alpha value is -4.68. The number of benzene rings is 4. The third-order valence-electron chi connectivity index (χ3n) is 10.5. The summed E-state index contributed by atoms with van der Waals surface area (Å²) in [7, 11) is -1.36. The molecule has 5 nitrogen and oxygen atoms in total. The number of furan rings is 1. The van der Waals surface area contributed by atoms with E-state index in [4.69, 9.17) is 14.4 Å². The van der Waals surface area contributed by atoms with Gasteiger partial charge < -0.3 is 14.0 Å². The summed E-state index contributed by atoms with van der Waals surface area (Å²) in [5.41, 5.74) is 10.2. The summed E-state index contributed by atoms with van der Waals surface area (Å²) in [5, 5.41) is 3.59. The number of nitrogens with zero attached hydrogens (tertiary/aromatic N) is 4. The molecular weight excluding hydrogens is 857 g/mol. The zero-order valence-electron chi connectivity index (χ0n) is 31.5. The molecule has 0 saturated heterocycles. The SMILES string of the molecule is C[Si](C)(C)c1cnc(-c2[c-]cccc2)cc1CC1CCCCC1.Cc1ccc2c(n1)oc1c(-c3nc4ccccc4n3Cc3ccccc3)[c-]ccc12.[Ir]. The number of hydrogen-bond donors (Lipinski definition) is 0. The van der Waals surface area contributed by atoms with Crippen LogP contribution in [0.15, 0.2) is 120 Å². The van der Waals surface area contributed by atoms with Gasteiger partial charge >= 0.3 is 0 Å². The Balaban J connectivity index is 0.000000170. The second kappa shape index (κ2) is 16.4. The first-order valence-electron chi connectivity index (χ1n) is 19.0. The molecule has 7 heteroatoms. The molecule has 0 spiro atoms. The Kier molecular flexibility index (Phi) is 11.4. The number of pyridine rings is 2. The van der Waals surface area contributed by atoms with E-state index in [0.29, 0.717) is 5.71 Å². The van der Waals surface area contributed by atoms with Gasteiger partial charge in [0.1, 0.15) is 0 Å². The summed E-state index contributed by atoms with van der Waals surface area (Å²) in [4.78, 5) is 14.3. The molecule has 9 rings (SSSR count). The van der Waals surface area contributed by atoms with Crippen LogP contribution >= 0.6 is 0 Å². The smallest absolute Gasteiger partial charge is 0.216 e. The number of fused-ring (bicyclic) bond motifs is 4. The molecule has 0 aliphatic heterocycles. The number of aromatic nitrogens is 4. The summed E-state index contributed by atoms with van der Waals surface area (Å²) in [6, 6.07) is 44.0. The second-order valence-electron chi connectivity index (χ2n) is 15.5. The quantitative estimate of drug-likeness (QED) is 0.118.